The second-order valence-corrected chi connectivity index (χ2v) is 4.26. The molecule has 2 rings (SSSR count). The Bertz CT molecular complexity index is 143. The van der Waals surface area contributed by atoms with Crippen LogP contribution in [0.2, 0.25) is 0 Å². The lowest BCUT2D eigenvalue weighted by Gasteiger charge is -2.22. The Labute approximate surface area is 74.4 Å². The average Bonchev–Trinajstić information content (AvgIpc) is 2.87. The summed E-state index contributed by atoms with van der Waals surface area (Å²) in [6.07, 6.45) is 5.18. The van der Waals surface area contributed by atoms with E-state index in [4.69, 9.17) is 5.11 Å². The van der Waals surface area contributed by atoms with Gasteiger partial charge in [0.15, 0.2) is 0 Å². The lowest BCUT2D eigenvalue weighted by molar-refractivity contribution is 0.263. The summed E-state index contributed by atoms with van der Waals surface area (Å²) in [5, 5.41) is 12.2. The van der Waals surface area contributed by atoms with Crippen LogP contribution < -0.4 is 5.32 Å². The van der Waals surface area contributed by atoms with Gasteiger partial charge in [-0.05, 0) is 56.5 Å². The molecule has 0 radical (unpaired) electrons. The van der Waals surface area contributed by atoms with Crippen molar-refractivity contribution in [3.8, 4) is 0 Å². The fourth-order valence-corrected chi connectivity index (χ4v) is 2.62. The minimum Gasteiger partial charge on any atom is -0.396 e. The molecule has 1 aliphatic heterocycles. The van der Waals surface area contributed by atoms with E-state index in [1.165, 1.54) is 32.4 Å². The maximum Gasteiger partial charge on any atom is 0.0433 e. The lowest BCUT2D eigenvalue weighted by atomic mass is 9.91. The summed E-state index contributed by atoms with van der Waals surface area (Å²) in [7, 11) is 0. The molecule has 1 saturated heterocycles. The highest BCUT2D eigenvalue weighted by atomic mass is 16.3. The maximum atomic E-state index is 8.78. The SMILES string of the molecule is OCC[C@H]1C[C@@H]1C1CCNCC1. The van der Waals surface area contributed by atoms with Gasteiger partial charge in [-0.25, -0.2) is 0 Å². The molecule has 0 aromatic heterocycles. The number of hydrogen-bond donors (Lipinski definition) is 2. The van der Waals surface area contributed by atoms with Crippen LogP contribution >= 0.6 is 0 Å². The first-order chi connectivity index (χ1) is 5.92. The molecule has 70 valence electrons. The molecule has 2 atom stereocenters. The van der Waals surface area contributed by atoms with Gasteiger partial charge in [0.2, 0.25) is 0 Å². The Morgan fingerprint density at radius 2 is 2.00 bits per heavy atom. The standard InChI is InChI=1S/C10H19NO/c12-6-3-9-7-10(9)8-1-4-11-5-2-8/h8-12H,1-7H2/t9-,10+/m0/s1. The Hall–Kier alpha value is -0.0800. The van der Waals surface area contributed by atoms with Gasteiger partial charge in [0, 0.05) is 6.61 Å². The van der Waals surface area contributed by atoms with E-state index in [-0.39, 0.29) is 0 Å². The molecule has 0 spiro atoms. The summed E-state index contributed by atoms with van der Waals surface area (Å²) in [6.45, 7) is 2.83. The highest BCUT2D eigenvalue weighted by molar-refractivity contribution is 4.92. The van der Waals surface area contributed by atoms with E-state index in [1.54, 1.807) is 0 Å². The number of piperidine rings is 1. The Balaban J connectivity index is 1.72. The van der Waals surface area contributed by atoms with E-state index >= 15 is 0 Å². The molecule has 0 aromatic rings. The van der Waals surface area contributed by atoms with Crippen LogP contribution in [0.15, 0.2) is 0 Å². The van der Waals surface area contributed by atoms with Crippen molar-refractivity contribution in [2.75, 3.05) is 19.7 Å². The van der Waals surface area contributed by atoms with E-state index < -0.39 is 0 Å². The second-order valence-electron chi connectivity index (χ2n) is 4.26. The van der Waals surface area contributed by atoms with Crippen LogP contribution in [-0.2, 0) is 0 Å². The Morgan fingerprint density at radius 3 is 2.67 bits per heavy atom. The molecule has 2 fully saturated rings. The number of aliphatic hydroxyl groups is 1. The van der Waals surface area contributed by atoms with Gasteiger partial charge < -0.3 is 10.4 Å². The molecule has 2 N–H and O–H groups in total. The zero-order valence-corrected chi connectivity index (χ0v) is 7.63. The van der Waals surface area contributed by atoms with Crippen LogP contribution in [0.1, 0.15) is 25.7 Å². The summed E-state index contributed by atoms with van der Waals surface area (Å²) in [6, 6.07) is 0. The Kier molecular flexibility index (Phi) is 2.66. The molecule has 0 bridgehead atoms. The molecule has 0 unspecified atom stereocenters. The summed E-state index contributed by atoms with van der Waals surface area (Å²) in [5.41, 5.74) is 0. The van der Waals surface area contributed by atoms with Crippen LogP contribution in [0.4, 0.5) is 0 Å². The van der Waals surface area contributed by atoms with Gasteiger partial charge in [-0.3, -0.25) is 0 Å². The predicted octanol–water partition coefficient (Wildman–Crippen LogP) is 1.00. The molecule has 1 heterocycles. The van der Waals surface area contributed by atoms with Crippen molar-refractivity contribution in [1.82, 2.24) is 5.32 Å². The maximum absolute atomic E-state index is 8.78. The van der Waals surface area contributed by atoms with E-state index in [2.05, 4.69) is 5.32 Å². The zero-order valence-electron chi connectivity index (χ0n) is 7.63. The van der Waals surface area contributed by atoms with Crippen LogP contribution in [0.3, 0.4) is 0 Å². The quantitative estimate of drug-likeness (QED) is 0.660. The number of hydrogen-bond acceptors (Lipinski definition) is 2. The van der Waals surface area contributed by atoms with Crippen LogP contribution in [-0.4, -0.2) is 24.8 Å². The third-order valence-corrected chi connectivity index (χ3v) is 3.47. The molecule has 12 heavy (non-hydrogen) atoms. The minimum atomic E-state index is 0.395. The monoisotopic (exact) mass is 169 g/mol. The molecular formula is C10H19NO. The van der Waals surface area contributed by atoms with E-state index in [9.17, 15) is 0 Å². The van der Waals surface area contributed by atoms with Gasteiger partial charge in [0.25, 0.3) is 0 Å². The fraction of sp³-hybridized carbons (Fsp3) is 1.00. The van der Waals surface area contributed by atoms with Crippen LogP contribution in [0, 0.1) is 17.8 Å². The molecule has 2 heteroatoms. The van der Waals surface area contributed by atoms with Crippen molar-refractivity contribution in [2.24, 2.45) is 17.8 Å². The zero-order chi connectivity index (χ0) is 8.39. The van der Waals surface area contributed by atoms with Gasteiger partial charge in [0.1, 0.15) is 0 Å². The molecule has 1 aliphatic carbocycles. The highest BCUT2D eigenvalue weighted by Gasteiger charge is 2.41. The third kappa shape index (κ3) is 1.80. The molecule has 0 aromatic carbocycles. The summed E-state index contributed by atoms with van der Waals surface area (Å²) < 4.78 is 0. The van der Waals surface area contributed by atoms with Gasteiger partial charge in [-0.2, -0.15) is 0 Å². The summed E-state index contributed by atoms with van der Waals surface area (Å²) >= 11 is 0. The topological polar surface area (TPSA) is 32.3 Å². The highest BCUT2D eigenvalue weighted by Crippen LogP contribution is 2.48. The van der Waals surface area contributed by atoms with Crippen LogP contribution in [0.5, 0.6) is 0 Å². The normalized spacial score (nSPS) is 36.8. The molecule has 1 saturated carbocycles. The predicted molar refractivity (Wildman–Crippen MR) is 48.9 cm³/mol. The molecule has 0 amide bonds. The number of aliphatic hydroxyl groups excluding tert-OH is 1. The van der Waals surface area contributed by atoms with E-state index in [0.29, 0.717) is 6.61 Å². The summed E-state index contributed by atoms with van der Waals surface area (Å²) in [5.74, 6) is 2.82. The van der Waals surface area contributed by atoms with E-state index in [1.807, 2.05) is 0 Å². The molecule has 2 aliphatic rings. The van der Waals surface area contributed by atoms with Gasteiger partial charge >= 0.3 is 0 Å². The lowest BCUT2D eigenvalue weighted by Crippen LogP contribution is -2.28. The number of nitrogens with one attached hydrogen (secondary N) is 1. The third-order valence-electron chi connectivity index (χ3n) is 3.47. The van der Waals surface area contributed by atoms with E-state index in [0.717, 1.165) is 24.2 Å². The van der Waals surface area contributed by atoms with Crippen molar-refractivity contribution in [1.29, 1.82) is 0 Å². The van der Waals surface area contributed by atoms with Crippen LogP contribution in [0.25, 0.3) is 0 Å². The van der Waals surface area contributed by atoms with Gasteiger partial charge in [-0.15, -0.1) is 0 Å². The van der Waals surface area contributed by atoms with Gasteiger partial charge in [-0.1, -0.05) is 0 Å². The molecule has 2 nitrogen and oxygen atoms in total. The number of rotatable bonds is 3. The largest absolute Gasteiger partial charge is 0.396 e. The Morgan fingerprint density at radius 1 is 1.25 bits per heavy atom. The minimum absolute atomic E-state index is 0.395. The van der Waals surface area contributed by atoms with Crippen molar-refractivity contribution in [2.45, 2.75) is 25.7 Å². The first-order valence-electron chi connectivity index (χ1n) is 5.23. The van der Waals surface area contributed by atoms with Crippen molar-refractivity contribution >= 4 is 0 Å². The average molecular weight is 169 g/mol. The first-order valence-corrected chi connectivity index (χ1v) is 5.23. The van der Waals surface area contributed by atoms with Crippen molar-refractivity contribution in [3.63, 3.8) is 0 Å². The summed E-state index contributed by atoms with van der Waals surface area (Å²) in [4.78, 5) is 0. The van der Waals surface area contributed by atoms with Gasteiger partial charge in [0.05, 0.1) is 0 Å². The molecular weight excluding hydrogens is 150 g/mol. The first kappa shape index (κ1) is 8.52. The fourth-order valence-electron chi connectivity index (χ4n) is 2.62. The van der Waals surface area contributed by atoms with Crippen molar-refractivity contribution in [3.05, 3.63) is 0 Å². The van der Waals surface area contributed by atoms with Crippen molar-refractivity contribution < 1.29 is 5.11 Å². The second kappa shape index (κ2) is 3.75. The smallest absolute Gasteiger partial charge is 0.0433 e.